The predicted molar refractivity (Wildman–Crippen MR) is 120 cm³/mol. The summed E-state index contributed by atoms with van der Waals surface area (Å²) in [5.41, 5.74) is 1.34. The molecule has 30 heavy (non-hydrogen) atoms. The molecular weight excluding hydrogens is 426 g/mol. The number of nitrogens with zero attached hydrogens (tertiary/aromatic N) is 3. The van der Waals surface area contributed by atoms with Gasteiger partial charge in [-0.1, -0.05) is 50.6 Å². The van der Waals surface area contributed by atoms with Gasteiger partial charge in [0.25, 0.3) is 0 Å². The van der Waals surface area contributed by atoms with E-state index in [1.54, 1.807) is 42.5 Å². The van der Waals surface area contributed by atoms with Gasteiger partial charge < -0.3 is 10.0 Å². The van der Waals surface area contributed by atoms with Gasteiger partial charge in [-0.15, -0.1) is 0 Å². The van der Waals surface area contributed by atoms with Gasteiger partial charge in [-0.25, -0.2) is 9.10 Å². The first-order chi connectivity index (χ1) is 14.0. The second-order valence-electron chi connectivity index (χ2n) is 8.43. The molecule has 0 saturated heterocycles. The number of anilines is 3. The number of hydrogen-bond acceptors (Lipinski definition) is 3. The maximum absolute atomic E-state index is 13.4. The van der Waals surface area contributed by atoms with E-state index in [0.717, 1.165) is 0 Å². The zero-order chi connectivity index (χ0) is 22.1. The third-order valence-electron chi connectivity index (χ3n) is 4.65. The first-order valence-corrected chi connectivity index (χ1v) is 11.4. The molecule has 7 nitrogen and oxygen atoms in total. The number of amides is 1. The highest BCUT2D eigenvalue weighted by Gasteiger charge is 2.41. The van der Waals surface area contributed by atoms with Crippen LogP contribution in [-0.4, -0.2) is 44.2 Å². The summed E-state index contributed by atoms with van der Waals surface area (Å²) in [6.45, 7) is 6.67. The van der Waals surface area contributed by atoms with Crippen LogP contribution in [0.5, 0.6) is 0 Å². The second kappa shape index (κ2) is 8.35. The average Bonchev–Trinajstić information content (AvgIpc) is 2.86. The number of carbonyl (C=O) groups is 1. The number of fused-ring (bicyclic) bond motifs is 1. The lowest BCUT2D eigenvalue weighted by molar-refractivity contribution is 0.126. The van der Waals surface area contributed by atoms with Crippen LogP contribution in [0.2, 0.25) is 5.02 Å². The summed E-state index contributed by atoms with van der Waals surface area (Å²) in [6, 6.07) is 13.8. The number of hydrogen-bond donors (Lipinski definition) is 1. The van der Waals surface area contributed by atoms with E-state index in [1.807, 2.05) is 26.8 Å². The van der Waals surface area contributed by atoms with Gasteiger partial charge in [0.1, 0.15) is 0 Å². The van der Waals surface area contributed by atoms with Crippen molar-refractivity contribution in [2.45, 2.75) is 27.2 Å². The molecule has 2 aromatic rings. The molecule has 0 unspecified atom stereocenters. The topological polar surface area (TPSA) is 81.2 Å². The third kappa shape index (κ3) is 4.65. The summed E-state index contributed by atoms with van der Waals surface area (Å²) in [6.07, 6.45) is -0.640. The van der Waals surface area contributed by atoms with Crippen LogP contribution in [-0.2, 0) is 10.2 Å². The van der Waals surface area contributed by atoms with Crippen LogP contribution in [0.25, 0.3) is 0 Å². The summed E-state index contributed by atoms with van der Waals surface area (Å²) >= 11 is 6.15. The van der Waals surface area contributed by atoms with Gasteiger partial charge in [0.05, 0.1) is 17.1 Å². The van der Waals surface area contributed by atoms with Crippen molar-refractivity contribution in [3.8, 4) is 0 Å². The van der Waals surface area contributed by atoms with E-state index >= 15 is 0 Å². The van der Waals surface area contributed by atoms with Crippen LogP contribution in [0.4, 0.5) is 21.9 Å². The van der Waals surface area contributed by atoms with Crippen molar-refractivity contribution in [3.05, 3.63) is 53.6 Å². The molecule has 9 heteroatoms. The molecule has 0 aromatic heterocycles. The van der Waals surface area contributed by atoms with Crippen LogP contribution in [0.1, 0.15) is 27.2 Å². The molecule has 0 saturated carbocycles. The summed E-state index contributed by atoms with van der Waals surface area (Å²) < 4.78 is 29.4. The van der Waals surface area contributed by atoms with Gasteiger partial charge in [-0.3, -0.25) is 4.31 Å². The summed E-state index contributed by atoms with van der Waals surface area (Å²) in [5.74, 6) is 0. The molecule has 1 amide bonds. The minimum absolute atomic E-state index is 0.161. The standard InChI is InChI=1S/C21H26ClN3O4S/c1-21(2,3)15-23(20(26)27)12-7-13-24-18-11-10-16(22)14-19(18)25(30(24,28)29)17-8-5-4-6-9-17/h4-6,8-11,14H,7,12-13,15H2,1-3H3,(H,26,27). The maximum Gasteiger partial charge on any atom is 0.407 e. The molecule has 1 aliphatic rings. The number of para-hydroxylation sites is 1. The molecule has 0 bridgehead atoms. The summed E-state index contributed by atoms with van der Waals surface area (Å²) in [5, 5.41) is 9.92. The molecule has 2 aromatic carbocycles. The van der Waals surface area contributed by atoms with Crippen molar-refractivity contribution in [1.29, 1.82) is 0 Å². The van der Waals surface area contributed by atoms with Crippen LogP contribution in [0, 0.1) is 5.41 Å². The molecule has 1 N–H and O–H groups in total. The summed E-state index contributed by atoms with van der Waals surface area (Å²) in [7, 11) is -3.87. The largest absolute Gasteiger partial charge is 0.465 e. The van der Waals surface area contributed by atoms with Crippen molar-refractivity contribution in [2.75, 3.05) is 28.2 Å². The van der Waals surface area contributed by atoms with E-state index in [2.05, 4.69) is 0 Å². The molecule has 0 radical (unpaired) electrons. The highest BCUT2D eigenvalue weighted by molar-refractivity contribution is 7.95. The van der Waals surface area contributed by atoms with Gasteiger partial charge in [-0.2, -0.15) is 8.42 Å². The minimum atomic E-state index is -3.87. The molecule has 0 atom stereocenters. The lowest BCUT2D eigenvalue weighted by Gasteiger charge is -2.28. The Morgan fingerprint density at radius 1 is 1.10 bits per heavy atom. The smallest absolute Gasteiger partial charge is 0.407 e. The molecule has 0 spiro atoms. The average molecular weight is 452 g/mol. The molecule has 162 valence electrons. The Kier molecular flexibility index (Phi) is 6.19. The van der Waals surface area contributed by atoms with Gasteiger partial charge in [0.15, 0.2) is 0 Å². The Balaban J connectivity index is 1.86. The number of carboxylic acid groups (broad SMARTS) is 1. The fraction of sp³-hybridized carbons (Fsp3) is 0.381. The van der Waals surface area contributed by atoms with Gasteiger partial charge in [-0.05, 0) is 42.2 Å². The van der Waals surface area contributed by atoms with E-state index in [-0.39, 0.29) is 18.5 Å². The van der Waals surface area contributed by atoms with Crippen molar-refractivity contribution >= 4 is 45.0 Å². The second-order valence-corrected chi connectivity index (χ2v) is 10.6. The van der Waals surface area contributed by atoms with Crippen LogP contribution >= 0.6 is 11.6 Å². The number of benzene rings is 2. The maximum atomic E-state index is 13.4. The first kappa shape index (κ1) is 22.2. The molecule has 3 rings (SSSR count). The Bertz CT molecular complexity index is 1020. The van der Waals surface area contributed by atoms with Crippen molar-refractivity contribution in [1.82, 2.24) is 4.90 Å². The lowest BCUT2D eigenvalue weighted by atomic mass is 9.96. The van der Waals surface area contributed by atoms with E-state index in [0.29, 0.717) is 35.1 Å². The first-order valence-electron chi connectivity index (χ1n) is 9.66. The van der Waals surface area contributed by atoms with Crippen molar-refractivity contribution in [2.24, 2.45) is 5.41 Å². The van der Waals surface area contributed by atoms with E-state index in [4.69, 9.17) is 11.6 Å². The fourth-order valence-corrected chi connectivity index (χ4v) is 5.42. The van der Waals surface area contributed by atoms with E-state index < -0.39 is 16.3 Å². The molecule has 0 fully saturated rings. The van der Waals surface area contributed by atoms with Gasteiger partial charge in [0.2, 0.25) is 0 Å². The van der Waals surface area contributed by atoms with Crippen molar-refractivity contribution in [3.63, 3.8) is 0 Å². The van der Waals surface area contributed by atoms with E-state index in [9.17, 15) is 18.3 Å². The molecule has 1 aliphatic heterocycles. The zero-order valence-corrected chi connectivity index (χ0v) is 18.8. The van der Waals surface area contributed by atoms with Crippen LogP contribution < -0.4 is 8.61 Å². The lowest BCUT2D eigenvalue weighted by Crippen LogP contribution is -2.40. The Labute approximate surface area is 182 Å². The molecule has 1 heterocycles. The van der Waals surface area contributed by atoms with Crippen LogP contribution in [0.15, 0.2) is 48.5 Å². The zero-order valence-electron chi connectivity index (χ0n) is 17.2. The highest BCUT2D eigenvalue weighted by atomic mass is 35.5. The fourth-order valence-electron chi connectivity index (χ4n) is 3.51. The molecule has 0 aliphatic carbocycles. The Morgan fingerprint density at radius 3 is 2.37 bits per heavy atom. The van der Waals surface area contributed by atoms with Crippen LogP contribution in [0.3, 0.4) is 0 Å². The third-order valence-corrected chi connectivity index (χ3v) is 6.69. The van der Waals surface area contributed by atoms with Crippen molar-refractivity contribution < 1.29 is 18.3 Å². The van der Waals surface area contributed by atoms with E-state index in [1.165, 1.54) is 13.5 Å². The highest BCUT2D eigenvalue weighted by Crippen LogP contribution is 2.46. The molecular formula is C21H26ClN3O4S. The van der Waals surface area contributed by atoms with Gasteiger partial charge in [0, 0.05) is 24.7 Å². The Morgan fingerprint density at radius 2 is 1.77 bits per heavy atom. The SMILES string of the molecule is CC(C)(C)CN(CCCN1c2ccc(Cl)cc2N(c2ccccc2)S1(=O)=O)C(=O)O. The summed E-state index contributed by atoms with van der Waals surface area (Å²) in [4.78, 5) is 12.9. The normalized spacial score (nSPS) is 15.2. The quantitative estimate of drug-likeness (QED) is 0.673. The minimum Gasteiger partial charge on any atom is -0.465 e. The monoisotopic (exact) mass is 451 g/mol. The Hall–Kier alpha value is -2.45. The number of rotatable bonds is 6. The predicted octanol–water partition coefficient (Wildman–Crippen LogP) is 4.96. The van der Waals surface area contributed by atoms with Gasteiger partial charge >= 0.3 is 16.3 Å². The number of halogens is 1.